The lowest BCUT2D eigenvalue weighted by Crippen LogP contribution is -2.44. The van der Waals surface area contributed by atoms with Crippen molar-refractivity contribution in [2.24, 2.45) is 0 Å². The molecular weight excluding hydrogens is 486 g/mol. The van der Waals surface area contributed by atoms with Gasteiger partial charge in [-0.15, -0.1) is 0 Å². The number of aliphatic carboxylic acids is 2. The van der Waals surface area contributed by atoms with Gasteiger partial charge in [0.2, 0.25) is 10.2 Å². The van der Waals surface area contributed by atoms with Gasteiger partial charge >= 0.3 is 11.9 Å². The number of nitrogens with one attached hydrogen (secondary N) is 2. The van der Waals surface area contributed by atoms with Gasteiger partial charge in [0, 0.05) is 22.6 Å². The molecule has 2 heterocycles. The van der Waals surface area contributed by atoms with Crippen molar-refractivity contribution in [3.05, 3.63) is 65.0 Å². The van der Waals surface area contributed by atoms with Gasteiger partial charge in [0.05, 0.1) is 0 Å². The lowest BCUT2D eigenvalue weighted by Gasteiger charge is -2.16. The molecule has 2 amide bonds. The van der Waals surface area contributed by atoms with Gasteiger partial charge in [0.1, 0.15) is 23.5 Å². The van der Waals surface area contributed by atoms with Crippen molar-refractivity contribution in [1.82, 2.24) is 15.6 Å². The molecule has 176 valence electrons. The predicted octanol–water partition coefficient (Wildman–Crippen LogP) is 0.908. The van der Waals surface area contributed by atoms with Gasteiger partial charge in [-0.1, -0.05) is 47.8 Å². The monoisotopic (exact) mass is 503 g/mol. The summed E-state index contributed by atoms with van der Waals surface area (Å²) in [4.78, 5) is 77.2. The number of thioether (sulfide) groups is 2. The predicted molar refractivity (Wildman–Crippen MR) is 122 cm³/mol. The van der Waals surface area contributed by atoms with Crippen LogP contribution in [0.2, 0.25) is 0 Å². The molecular formula is C21H17N3O8S2. The molecule has 0 aliphatic carbocycles. The van der Waals surface area contributed by atoms with Gasteiger partial charge in [0.15, 0.2) is 0 Å². The Morgan fingerprint density at radius 1 is 0.765 bits per heavy atom. The summed E-state index contributed by atoms with van der Waals surface area (Å²) < 4.78 is 0. The lowest BCUT2D eigenvalue weighted by atomic mass is 10.1. The fourth-order valence-electron chi connectivity index (χ4n) is 2.76. The van der Waals surface area contributed by atoms with E-state index in [0.29, 0.717) is 23.5 Å². The van der Waals surface area contributed by atoms with Gasteiger partial charge < -0.3 is 20.8 Å². The number of pyridine rings is 1. The van der Waals surface area contributed by atoms with Crippen LogP contribution in [0.15, 0.2) is 42.5 Å². The first kappa shape index (κ1) is 24.9. The van der Waals surface area contributed by atoms with Crippen LogP contribution in [0.3, 0.4) is 0 Å². The van der Waals surface area contributed by atoms with Gasteiger partial charge in [-0.05, 0) is 18.2 Å². The number of amides is 2. The zero-order valence-electron chi connectivity index (χ0n) is 17.2. The van der Waals surface area contributed by atoms with Gasteiger partial charge in [-0.3, -0.25) is 19.2 Å². The average Bonchev–Trinajstić information content (AvgIpc) is 2.82. The van der Waals surface area contributed by atoms with E-state index in [4.69, 9.17) is 0 Å². The lowest BCUT2D eigenvalue weighted by molar-refractivity contribution is -0.139. The van der Waals surface area contributed by atoms with Crippen molar-refractivity contribution < 1.29 is 39.0 Å². The van der Waals surface area contributed by atoms with Crippen molar-refractivity contribution in [2.75, 3.05) is 11.5 Å². The number of nitrogens with zero attached hydrogens (tertiary/aromatic N) is 1. The first-order valence-corrected chi connectivity index (χ1v) is 11.6. The first-order valence-electron chi connectivity index (χ1n) is 9.64. The molecule has 11 nitrogen and oxygen atoms in total. The standard InChI is InChI=1S/C21H17N3O8S2/c25-16-12-5-2-6-13(22-12)17(26)24-15(19(29)30)9-34-21(32)11-4-1-3-10(7-11)20(31)33-8-14(23-16)18(27)28/h1-7,14-15H,8-9H2,(H,23,25)(H,24,26)(H,27,28)(H,29,30)/t14-,15-/m1/s1. The van der Waals surface area contributed by atoms with E-state index in [9.17, 15) is 39.0 Å². The summed E-state index contributed by atoms with van der Waals surface area (Å²) in [6.07, 6.45) is 0. The zero-order chi connectivity index (χ0) is 24.8. The molecule has 4 N–H and O–H groups in total. The Balaban J connectivity index is 1.97. The van der Waals surface area contributed by atoms with E-state index in [1.165, 1.54) is 42.5 Å². The van der Waals surface area contributed by atoms with Crippen LogP contribution in [0.4, 0.5) is 0 Å². The molecule has 1 aliphatic heterocycles. The van der Waals surface area contributed by atoms with Gasteiger partial charge in [0.25, 0.3) is 11.8 Å². The first-order chi connectivity index (χ1) is 16.2. The number of hydrogen-bond acceptors (Lipinski definition) is 9. The number of hydrogen-bond donors (Lipinski definition) is 4. The van der Waals surface area contributed by atoms with Crippen LogP contribution >= 0.6 is 23.5 Å². The molecule has 0 saturated carbocycles. The van der Waals surface area contributed by atoms with Crippen LogP contribution in [-0.2, 0) is 9.59 Å². The third kappa shape index (κ3) is 6.20. The highest BCUT2D eigenvalue weighted by molar-refractivity contribution is 8.14. The van der Waals surface area contributed by atoms with E-state index in [1.807, 2.05) is 0 Å². The Hall–Kier alpha value is -3.71. The highest BCUT2D eigenvalue weighted by atomic mass is 32.2. The van der Waals surface area contributed by atoms with Crippen LogP contribution in [0.5, 0.6) is 0 Å². The smallest absolute Gasteiger partial charge is 0.327 e. The Kier molecular flexibility index (Phi) is 8.02. The maximum atomic E-state index is 12.5. The van der Waals surface area contributed by atoms with Crippen LogP contribution < -0.4 is 10.6 Å². The molecule has 0 saturated heterocycles. The van der Waals surface area contributed by atoms with E-state index in [2.05, 4.69) is 15.6 Å². The minimum absolute atomic E-state index is 0.130. The number of carbonyl (C=O) groups is 6. The molecule has 3 rings (SSSR count). The highest BCUT2D eigenvalue weighted by Gasteiger charge is 2.26. The quantitative estimate of drug-likeness (QED) is 0.457. The van der Waals surface area contributed by atoms with E-state index >= 15 is 0 Å². The molecule has 0 spiro atoms. The minimum atomic E-state index is -1.45. The molecule has 34 heavy (non-hydrogen) atoms. The summed E-state index contributed by atoms with van der Waals surface area (Å²) in [6.45, 7) is 0. The van der Waals surface area contributed by atoms with Gasteiger partial charge in [-0.2, -0.15) is 0 Å². The normalized spacial score (nSPS) is 19.9. The molecule has 4 bridgehead atoms. The maximum absolute atomic E-state index is 12.5. The Labute approximate surface area is 200 Å². The molecule has 2 atom stereocenters. The minimum Gasteiger partial charge on any atom is -0.480 e. The summed E-state index contributed by atoms with van der Waals surface area (Å²) >= 11 is 1.29. The van der Waals surface area contributed by atoms with Crippen molar-refractivity contribution in [2.45, 2.75) is 12.1 Å². The largest absolute Gasteiger partial charge is 0.480 e. The van der Waals surface area contributed by atoms with Crippen LogP contribution in [0.1, 0.15) is 41.7 Å². The van der Waals surface area contributed by atoms with Crippen LogP contribution in [0, 0.1) is 0 Å². The molecule has 1 aromatic carbocycles. The number of benzene rings is 1. The zero-order valence-corrected chi connectivity index (χ0v) is 18.9. The number of rotatable bonds is 2. The number of carbonyl (C=O) groups excluding carboxylic acids is 4. The van der Waals surface area contributed by atoms with E-state index in [0.717, 1.165) is 0 Å². The molecule has 1 aromatic heterocycles. The molecule has 2 aromatic rings. The van der Waals surface area contributed by atoms with E-state index in [1.54, 1.807) is 0 Å². The van der Waals surface area contributed by atoms with Crippen molar-refractivity contribution in [1.29, 1.82) is 0 Å². The summed E-state index contributed by atoms with van der Waals surface area (Å²) in [6, 6.07) is 6.58. The van der Waals surface area contributed by atoms with Crippen LogP contribution in [0.25, 0.3) is 0 Å². The fraction of sp³-hybridized carbons (Fsp3) is 0.190. The van der Waals surface area contributed by atoms with Crippen LogP contribution in [-0.4, -0.2) is 72.8 Å². The summed E-state index contributed by atoms with van der Waals surface area (Å²) in [7, 11) is 0. The summed E-state index contributed by atoms with van der Waals surface area (Å²) in [5, 5.41) is 22.4. The molecule has 1 aliphatic rings. The maximum Gasteiger partial charge on any atom is 0.327 e. The van der Waals surface area contributed by atoms with Gasteiger partial charge in [-0.25, -0.2) is 14.6 Å². The molecule has 0 unspecified atom stereocenters. The third-order valence-electron chi connectivity index (χ3n) is 4.52. The van der Waals surface area contributed by atoms with Crippen molar-refractivity contribution >= 4 is 57.5 Å². The SMILES string of the molecule is O=C1SC[C@H](C(=O)O)NC(=O)c2cccc(n2)C(=O)N[C@@H](C(=O)O)CSC(=O)c2cccc1c2. The molecule has 0 fully saturated rings. The summed E-state index contributed by atoms with van der Waals surface area (Å²) in [5.41, 5.74) is -0.295. The second-order valence-corrected chi connectivity index (χ2v) is 8.90. The average molecular weight is 504 g/mol. The topological polar surface area (TPSA) is 180 Å². The Morgan fingerprint density at radius 3 is 1.59 bits per heavy atom. The van der Waals surface area contributed by atoms with Crippen molar-refractivity contribution in [3.63, 3.8) is 0 Å². The Bertz CT molecular complexity index is 1100. The van der Waals surface area contributed by atoms with E-state index in [-0.39, 0.29) is 34.0 Å². The number of fused-ring (bicyclic) bond motifs is 4. The summed E-state index contributed by atoms with van der Waals surface area (Å²) in [5.74, 6) is -5.16. The second-order valence-electron chi connectivity index (χ2n) is 6.91. The third-order valence-corrected chi connectivity index (χ3v) is 6.51. The fourth-order valence-corrected chi connectivity index (χ4v) is 4.43. The number of carboxylic acid groups (broad SMARTS) is 2. The second kappa shape index (κ2) is 10.9. The molecule has 0 radical (unpaired) electrons. The highest BCUT2D eigenvalue weighted by Crippen LogP contribution is 2.19. The number of carboxylic acids is 2. The number of aromatic nitrogens is 1. The molecule has 13 heteroatoms. The van der Waals surface area contributed by atoms with E-state index < -0.39 is 46.1 Å². The van der Waals surface area contributed by atoms with Crippen molar-refractivity contribution in [3.8, 4) is 0 Å². The Morgan fingerprint density at radius 2 is 1.18 bits per heavy atom.